The number of halogens is 3. The predicted molar refractivity (Wildman–Crippen MR) is 112 cm³/mol. The Morgan fingerprint density at radius 1 is 1.07 bits per heavy atom. The summed E-state index contributed by atoms with van der Waals surface area (Å²) in [6, 6.07) is 10.4. The van der Waals surface area contributed by atoms with E-state index in [-0.39, 0.29) is 18.1 Å². The van der Waals surface area contributed by atoms with Crippen molar-refractivity contribution in [1.82, 2.24) is 0 Å². The second-order valence-electron chi connectivity index (χ2n) is 7.60. The quantitative estimate of drug-likeness (QED) is 0.583. The first kappa shape index (κ1) is 20.5. The largest absolute Gasteiger partial charge is 0.416 e. The zero-order chi connectivity index (χ0) is 21.1. The van der Waals surface area contributed by atoms with Crippen molar-refractivity contribution in [2.24, 2.45) is 10.7 Å². The SMILES string of the molecule is NC(=NCc1ccc(N2CCOCC2)cc1C(F)(F)F)Nc1ccc2c(c1)CCC2. The molecule has 0 bridgehead atoms. The van der Waals surface area contributed by atoms with Gasteiger partial charge in [-0.15, -0.1) is 0 Å². The van der Waals surface area contributed by atoms with Crippen molar-refractivity contribution in [1.29, 1.82) is 0 Å². The maximum absolute atomic E-state index is 13.7. The lowest BCUT2D eigenvalue weighted by molar-refractivity contribution is -0.138. The van der Waals surface area contributed by atoms with Crippen molar-refractivity contribution in [3.8, 4) is 0 Å². The van der Waals surface area contributed by atoms with Gasteiger partial charge in [-0.1, -0.05) is 12.1 Å². The molecule has 1 fully saturated rings. The minimum Gasteiger partial charge on any atom is -0.378 e. The lowest BCUT2D eigenvalue weighted by Gasteiger charge is -2.29. The van der Waals surface area contributed by atoms with Crippen LogP contribution in [-0.2, 0) is 30.3 Å². The summed E-state index contributed by atoms with van der Waals surface area (Å²) >= 11 is 0. The molecule has 1 heterocycles. The number of nitrogens with one attached hydrogen (secondary N) is 1. The molecule has 1 saturated heterocycles. The van der Waals surface area contributed by atoms with Crippen LogP contribution in [0.5, 0.6) is 0 Å². The Morgan fingerprint density at radius 2 is 1.83 bits per heavy atom. The van der Waals surface area contributed by atoms with E-state index >= 15 is 0 Å². The second-order valence-corrected chi connectivity index (χ2v) is 7.60. The Hall–Kier alpha value is -2.74. The molecule has 8 heteroatoms. The molecule has 160 valence electrons. The number of ether oxygens (including phenoxy) is 1. The van der Waals surface area contributed by atoms with Gasteiger partial charge in [-0.3, -0.25) is 0 Å². The van der Waals surface area contributed by atoms with Crippen molar-refractivity contribution in [3.63, 3.8) is 0 Å². The first-order valence-corrected chi connectivity index (χ1v) is 10.1. The van der Waals surface area contributed by atoms with Crippen LogP contribution in [0.3, 0.4) is 0 Å². The Kier molecular flexibility index (Phi) is 5.85. The Bertz CT molecular complexity index is 936. The van der Waals surface area contributed by atoms with Gasteiger partial charge in [0.1, 0.15) is 0 Å². The van der Waals surface area contributed by atoms with Crippen molar-refractivity contribution < 1.29 is 17.9 Å². The Balaban J connectivity index is 1.49. The van der Waals surface area contributed by atoms with E-state index in [1.165, 1.54) is 23.3 Å². The second kappa shape index (κ2) is 8.55. The maximum Gasteiger partial charge on any atom is 0.416 e. The number of hydrogen-bond donors (Lipinski definition) is 2. The molecule has 0 radical (unpaired) electrons. The van der Waals surface area contributed by atoms with Crippen molar-refractivity contribution in [2.45, 2.75) is 32.0 Å². The molecule has 0 spiro atoms. The summed E-state index contributed by atoms with van der Waals surface area (Å²) in [5.41, 5.74) is 9.32. The molecule has 4 rings (SSSR count). The Morgan fingerprint density at radius 3 is 2.60 bits per heavy atom. The van der Waals surface area contributed by atoms with E-state index < -0.39 is 11.7 Å². The topological polar surface area (TPSA) is 62.9 Å². The molecular weight excluding hydrogens is 393 g/mol. The molecule has 0 saturated carbocycles. The number of benzene rings is 2. The minimum absolute atomic E-state index is 0.0956. The van der Waals surface area contributed by atoms with Gasteiger partial charge in [0.05, 0.1) is 25.3 Å². The van der Waals surface area contributed by atoms with Crippen LogP contribution in [0.15, 0.2) is 41.4 Å². The monoisotopic (exact) mass is 418 g/mol. The molecule has 0 unspecified atom stereocenters. The van der Waals surface area contributed by atoms with Crippen molar-refractivity contribution in [3.05, 3.63) is 58.7 Å². The van der Waals surface area contributed by atoms with Gasteiger partial charge in [-0.05, 0) is 60.2 Å². The number of anilines is 2. The highest BCUT2D eigenvalue weighted by Crippen LogP contribution is 2.35. The van der Waals surface area contributed by atoms with Gasteiger partial charge in [0.2, 0.25) is 0 Å². The zero-order valence-electron chi connectivity index (χ0n) is 16.6. The standard InChI is InChI=1S/C22H25F3N4O/c23-22(24,25)20-13-19(29-8-10-30-11-9-29)7-5-17(20)14-27-21(26)28-18-6-4-15-2-1-3-16(15)12-18/h4-7,12-13H,1-3,8-11,14H2,(H3,26,27,28). The van der Waals surface area contributed by atoms with Crippen LogP contribution in [-0.4, -0.2) is 32.3 Å². The number of nitrogens with zero attached hydrogens (tertiary/aromatic N) is 2. The highest BCUT2D eigenvalue weighted by molar-refractivity contribution is 5.92. The number of guanidine groups is 1. The Labute approximate surface area is 173 Å². The van der Waals surface area contributed by atoms with Crippen LogP contribution in [0.25, 0.3) is 0 Å². The van der Waals surface area contributed by atoms with E-state index in [1.807, 2.05) is 17.0 Å². The van der Waals surface area contributed by atoms with Crippen LogP contribution in [0.4, 0.5) is 24.5 Å². The van der Waals surface area contributed by atoms with E-state index in [0.717, 1.165) is 24.9 Å². The molecule has 3 N–H and O–H groups in total. The summed E-state index contributed by atoms with van der Waals surface area (Å²) in [6.07, 6.45) is -1.20. The smallest absolute Gasteiger partial charge is 0.378 e. The summed E-state index contributed by atoms with van der Waals surface area (Å²) < 4.78 is 46.2. The van der Waals surface area contributed by atoms with E-state index in [4.69, 9.17) is 10.5 Å². The average Bonchev–Trinajstić information content (AvgIpc) is 3.20. The molecule has 1 aliphatic heterocycles. The number of morpholine rings is 1. The molecule has 2 aromatic rings. The van der Waals surface area contributed by atoms with Gasteiger partial charge in [-0.2, -0.15) is 13.2 Å². The molecule has 0 atom stereocenters. The van der Waals surface area contributed by atoms with Crippen molar-refractivity contribution >= 4 is 17.3 Å². The third-order valence-corrected chi connectivity index (χ3v) is 5.57. The molecular formula is C22H25F3N4O. The molecule has 0 aromatic heterocycles. The van der Waals surface area contributed by atoms with Crippen LogP contribution in [0, 0.1) is 0 Å². The number of aliphatic imine (C=N–C) groups is 1. The predicted octanol–water partition coefficient (Wildman–Crippen LogP) is 3.96. The normalized spacial score (nSPS) is 17.2. The van der Waals surface area contributed by atoms with Crippen molar-refractivity contribution in [2.75, 3.05) is 36.5 Å². The molecule has 2 aromatic carbocycles. The number of aryl methyl sites for hydroxylation is 2. The van der Waals surface area contributed by atoms with Gasteiger partial charge in [-0.25, -0.2) is 4.99 Å². The van der Waals surface area contributed by atoms with Gasteiger partial charge in [0, 0.05) is 24.5 Å². The summed E-state index contributed by atoms with van der Waals surface area (Å²) in [7, 11) is 0. The van der Waals surface area contributed by atoms with Gasteiger partial charge in [0.25, 0.3) is 0 Å². The summed E-state index contributed by atoms with van der Waals surface area (Å²) in [6.45, 7) is 2.03. The van der Waals surface area contributed by atoms with Crippen LogP contribution in [0.1, 0.15) is 28.7 Å². The third kappa shape index (κ3) is 4.70. The molecule has 1 aliphatic carbocycles. The van der Waals surface area contributed by atoms with E-state index in [1.54, 1.807) is 6.07 Å². The lowest BCUT2D eigenvalue weighted by Crippen LogP contribution is -2.36. The van der Waals surface area contributed by atoms with Crippen LogP contribution >= 0.6 is 0 Å². The van der Waals surface area contributed by atoms with E-state index in [2.05, 4.69) is 16.4 Å². The van der Waals surface area contributed by atoms with Crippen LogP contribution < -0.4 is 16.0 Å². The number of rotatable bonds is 4. The van der Waals surface area contributed by atoms with E-state index in [9.17, 15) is 13.2 Å². The first-order valence-electron chi connectivity index (χ1n) is 10.1. The summed E-state index contributed by atoms with van der Waals surface area (Å²) in [4.78, 5) is 6.05. The molecule has 0 amide bonds. The fourth-order valence-electron chi connectivity index (χ4n) is 3.99. The summed E-state index contributed by atoms with van der Waals surface area (Å²) in [5, 5.41) is 2.99. The van der Waals surface area contributed by atoms with Gasteiger partial charge < -0.3 is 20.7 Å². The summed E-state index contributed by atoms with van der Waals surface area (Å²) in [5.74, 6) is 0.0957. The maximum atomic E-state index is 13.7. The lowest BCUT2D eigenvalue weighted by atomic mass is 10.1. The molecule has 5 nitrogen and oxygen atoms in total. The van der Waals surface area contributed by atoms with E-state index in [0.29, 0.717) is 32.0 Å². The number of alkyl halides is 3. The average molecular weight is 418 g/mol. The molecule has 2 aliphatic rings. The fraction of sp³-hybridized carbons (Fsp3) is 0.409. The first-order chi connectivity index (χ1) is 14.4. The fourth-order valence-corrected chi connectivity index (χ4v) is 3.99. The highest BCUT2D eigenvalue weighted by Gasteiger charge is 2.34. The highest BCUT2D eigenvalue weighted by atomic mass is 19.4. The minimum atomic E-state index is -4.46. The van der Waals surface area contributed by atoms with Crippen LogP contribution in [0.2, 0.25) is 0 Å². The zero-order valence-corrected chi connectivity index (χ0v) is 16.6. The van der Waals surface area contributed by atoms with Gasteiger partial charge in [0.15, 0.2) is 5.96 Å². The number of hydrogen-bond acceptors (Lipinski definition) is 3. The number of nitrogens with two attached hydrogens (primary N) is 1. The van der Waals surface area contributed by atoms with Gasteiger partial charge >= 0.3 is 6.18 Å². The number of fused-ring (bicyclic) bond motifs is 1. The third-order valence-electron chi connectivity index (χ3n) is 5.57. The molecule has 30 heavy (non-hydrogen) atoms.